The first-order valence-corrected chi connectivity index (χ1v) is 8.46. The van der Waals surface area contributed by atoms with Crippen LogP contribution in [0.4, 0.5) is 11.4 Å². The van der Waals surface area contributed by atoms with E-state index in [-0.39, 0.29) is 11.5 Å². The zero-order valence-corrected chi connectivity index (χ0v) is 13.7. The number of benzene rings is 1. The van der Waals surface area contributed by atoms with Crippen LogP contribution in [0.1, 0.15) is 19.8 Å². The van der Waals surface area contributed by atoms with Crippen molar-refractivity contribution < 1.29 is 13.5 Å². The third-order valence-electron chi connectivity index (χ3n) is 3.27. The molecule has 1 aromatic rings. The second-order valence-corrected chi connectivity index (χ2v) is 7.22. The summed E-state index contributed by atoms with van der Waals surface area (Å²) in [5, 5.41) is 9.20. The van der Waals surface area contributed by atoms with Crippen LogP contribution in [-0.2, 0) is 10.0 Å². The predicted octanol–water partition coefficient (Wildman–Crippen LogP) is 1.12. The quantitative estimate of drug-likeness (QED) is 0.702. The Morgan fingerprint density at radius 2 is 1.90 bits per heavy atom. The van der Waals surface area contributed by atoms with Crippen LogP contribution < -0.4 is 10.6 Å². The van der Waals surface area contributed by atoms with Crippen LogP contribution >= 0.6 is 0 Å². The Bertz CT molecular complexity index is 559. The molecule has 0 aromatic heterocycles. The monoisotopic (exact) mass is 315 g/mol. The summed E-state index contributed by atoms with van der Waals surface area (Å²) in [6.45, 7) is 3.23. The van der Waals surface area contributed by atoms with Gasteiger partial charge < -0.3 is 15.7 Å². The maximum absolute atomic E-state index is 12.2. The van der Waals surface area contributed by atoms with Gasteiger partial charge >= 0.3 is 0 Å². The van der Waals surface area contributed by atoms with Crippen LogP contribution in [0.25, 0.3) is 0 Å². The minimum atomic E-state index is -3.50. The topological polar surface area (TPSA) is 86.9 Å². The highest BCUT2D eigenvalue weighted by molar-refractivity contribution is 7.89. The van der Waals surface area contributed by atoms with Crippen molar-refractivity contribution in [2.75, 3.05) is 44.4 Å². The van der Waals surface area contributed by atoms with Crippen molar-refractivity contribution in [1.29, 1.82) is 0 Å². The van der Waals surface area contributed by atoms with E-state index in [0.717, 1.165) is 19.4 Å². The van der Waals surface area contributed by atoms with Crippen molar-refractivity contribution in [3.05, 3.63) is 18.2 Å². The van der Waals surface area contributed by atoms with Gasteiger partial charge in [-0.1, -0.05) is 13.3 Å². The molecule has 120 valence electrons. The molecule has 0 spiro atoms. The standard InChI is InChI=1S/C14H25N3O3S/c1-4-5-8-17(9-10-18)14-11-12(6-7-13(14)15)21(19,20)16(2)3/h6-7,11,18H,4-5,8-10,15H2,1-3H3. The molecule has 3 N–H and O–H groups in total. The number of aliphatic hydroxyl groups excluding tert-OH is 1. The largest absolute Gasteiger partial charge is 0.397 e. The van der Waals surface area contributed by atoms with E-state index in [0.29, 0.717) is 17.9 Å². The van der Waals surface area contributed by atoms with E-state index in [9.17, 15) is 13.5 Å². The highest BCUT2D eigenvalue weighted by Gasteiger charge is 2.20. The third kappa shape index (κ3) is 4.33. The number of anilines is 2. The average molecular weight is 315 g/mol. The fourth-order valence-electron chi connectivity index (χ4n) is 1.99. The fourth-order valence-corrected chi connectivity index (χ4v) is 2.91. The summed E-state index contributed by atoms with van der Waals surface area (Å²) in [7, 11) is -0.509. The summed E-state index contributed by atoms with van der Waals surface area (Å²) in [6.07, 6.45) is 1.96. The molecule has 6 nitrogen and oxygen atoms in total. The molecule has 1 aromatic carbocycles. The lowest BCUT2D eigenvalue weighted by atomic mass is 10.2. The van der Waals surface area contributed by atoms with Gasteiger partial charge in [0.1, 0.15) is 0 Å². The Kier molecular flexibility index (Phi) is 6.44. The first-order chi connectivity index (χ1) is 9.84. The maximum Gasteiger partial charge on any atom is 0.242 e. The Labute approximate surface area is 127 Å². The van der Waals surface area contributed by atoms with Crippen LogP contribution in [0.15, 0.2) is 23.1 Å². The highest BCUT2D eigenvalue weighted by Crippen LogP contribution is 2.28. The van der Waals surface area contributed by atoms with E-state index in [4.69, 9.17) is 5.73 Å². The van der Waals surface area contributed by atoms with E-state index in [1.807, 2.05) is 4.90 Å². The summed E-state index contributed by atoms with van der Waals surface area (Å²) in [6, 6.07) is 4.68. The second-order valence-electron chi connectivity index (χ2n) is 5.07. The fraction of sp³-hybridized carbons (Fsp3) is 0.571. The first-order valence-electron chi connectivity index (χ1n) is 7.02. The lowest BCUT2D eigenvalue weighted by Crippen LogP contribution is -2.29. The van der Waals surface area contributed by atoms with Crippen molar-refractivity contribution in [2.24, 2.45) is 0 Å². The molecular formula is C14H25N3O3S. The number of unbranched alkanes of at least 4 members (excludes halogenated alkanes) is 1. The SMILES string of the molecule is CCCCN(CCO)c1cc(S(=O)(=O)N(C)C)ccc1N. The molecule has 0 amide bonds. The van der Waals surface area contributed by atoms with Crippen molar-refractivity contribution >= 4 is 21.4 Å². The molecule has 0 aliphatic carbocycles. The van der Waals surface area contributed by atoms with Crippen LogP contribution in [0.5, 0.6) is 0 Å². The number of sulfonamides is 1. The van der Waals surface area contributed by atoms with E-state index >= 15 is 0 Å². The van der Waals surface area contributed by atoms with Gasteiger partial charge in [0, 0.05) is 27.2 Å². The molecule has 0 fully saturated rings. The van der Waals surface area contributed by atoms with E-state index in [2.05, 4.69) is 6.92 Å². The van der Waals surface area contributed by atoms with Gasteiger partial charge in [-0.3, -0.25) is 0 Å². The smallest absolute Gasteiger partial charge is 0.242 e. The van der Waals surface area contributed by atoms with Gasteiger partial charge in [0.05, 0.1) is 22.9 Å². The first kappa shape index (κ1) is 17.7. The minimum absolute atomic E-state index is 0.00614. The van der Waals surface area contributed by atoms with Crippen LogP contribution in [0.2, 0.25) is 0 Å². The van der Waals surface area contributed by atoms with Gasteiger partial charge in [0.2, 0.25) is 10.0 Å². The molecule has 0 aliphatic heterocycles. The van der Waals surface area contributed by atoms with Gasteiger partial charge in [-0.05, 0) is 24.6 Å². The number of nitrogens with two attached hydrogens (primary N) is 1. The lowest BCUT2D eigenvalue weighted by molar-refractivity contribution is 0.301. The molecule has 0 unspecified atom stereocenters. The van der Waals surface area contributed by atoms with Crippen molar-refractivity contribution in [3.8, 4) is 0 Å². The number of hydrogen-bond donors (Lipinski definition) is 2. The molecule has 7 heteroatoms. The number of nitrogens with zero attached hydrogens (tertiary/aromatic N) is 2. The van der Waals surface area contributed by atoms with E-state index in [1.54, 1.807) is 12.1 Å². The summed E-state index contributed by atoms with van der Waals surface area (Å²) in [5.74, 6) is 0. The van der Waals surface area contributed by atoms with Gasteiger partial charge in [0.25, 0.3) is 0 Å². The van der Waals surface area contributed by atoms with Gasteiger partial charge in [-0.2, -0.15) is 0 Å². The molecule has 1 rings (SSSR count). The molecule has 0 saturated heterocycles. The summed E-state index contributed by atoms with van der Waals surface area (Å²) < 4.78 is 25.6. The summed E-state index contributed by atoms with van der Waals surface area (Å²) in [5.41, 5.74) is 7.14. The Hall–Kier alpha value is -1.31. The summed E-state index contributed by atoms with van der Waals surface area (Å²) in [4.78, 5) is 2.13. The normalized spacial score (nSPS) is 11.9. The number of rotatable bonds is 8. The zero-order valence-electron chi connectivity index (χ0n) is 12.9. The van der Waals surface area contributed by atoms with Crippen molar-refractivity contribution in [2.45, 2.75) is 24.7 Å². The number of aliphatic hydroxyl groups is 1. The lowest BCUT2D eigenvalue weighted by Gasteiger charge is -2.26. The molecule has 0 saturated carbocycles. The average Bonchev–Trinajstić information content (AvgIpc) is 2.43. The molecule has 0 radical (unpaired) electrons. The molecule has 0 aliphatic rings. The highest BCUT2D eigenvalue weighted by atomic mass is 32.2. The maximum atomic E-state index is 12.2. The number of nitrogen functional groups attached to an aromatic ring is 1. The Morgan fingerprint density at radius 3 is 2.43 bits per heavy atom. The van der Waals surface area contributed by atoms with E-state index < -0.39 is 10.0 Å². The van der Waals surface area contributed by atoms with Crippen molar-refractivity contribution in [3.63, 3.8) is 0 Å². The number of hydrogen-bond acceptors (Lipinski definition) is 5. The molecule has 0 atom stereocenters. The van der Waals surface area contributed by atoms with Crippen molar-refractivity contribution in [1.82, 2.24) is 4.31 Å². The predicted molar refractivity (Wildman–Crippen MR) is 85.9 cm³/mol. The van der Waals surface area contributed by atoms with Crippen LogP contribution in [0, 0.1) is 0 Å². The Balaban J connectivity index is 3.22. The van der Waals surface area contributed by atoms with Gasteiger partial charge in [-0.25, -0.2) is 12.7 Å². The zero-order chi connectivity index (χ0) is 16.0. The van der Waals surface area contributed by atoms with Gasteiger partial charge in [0.15, 0.2) is 0 Å². The third-order valence-corrected chi connectivity index (χ3v) is 5.08. The second kappa shape index (κ2) is 7.63. The van der Waals surface area contributed by atoms with E-state index in [1.165, 1.54) is 24.5 Å². The summed E-state index contributed by atoms with van der Waals surface area (Å²) >= 11 is 0. The van der Waals surface area contributed by atoms with Gasteiger partial charge in [-0.15, -0.1) is 0 Å². The molecule has 0 bridgehead atoms. The molecule has 0 heterocycles. The Morgan fingerprint density at radius 1 is 1.24 bits per heavy atom. The molecular weight excluding hydrogens is 290 g/mol. The minimum Gasteiger partial charge on any atom is -0.397 e. The van der Waals surface area contributed by atoms with Crippen LogP contribution in [-0.4, -0.2) is 51.6 Å². The van der Waals surface area contributed by atoms with Crippen LogP contribution in [0.3, 0.4) is 0 Å². The molecule has 21 heavy (non-hydrogen) atoms.